The van der Waals surface area contributed by atoms with Crippen molar-refractivity contribution in [2.45, 2.75) is 46.1 Å². The monoisotopic (exact) mass is 412 g/mol. The molecule has 1 saturated carbocycles. The summed E-state index contributed by atoms with van der Waals surface area (Å²) in [4.78, 5) is 11.5. The minimum atomic E-state index is -2.83. The third-order valence-electron chi connectivity index (χ3n) is 4.41. The number of esters is 1. The number of carbonyl (C=O) groups excluding carboxylic acids is 1. The van der Waals surface area contributed by atoms with Gasteiger partial charge in [0, 0.05) is 17.2 Å². The Morgan fingerprint density at radius 1 is 1.10 bits per heavy atom. The lowest BCUT2D eigenvalue weighted by atomic mass is 9.75. The minimum Gasteiger partial charge on any atom is -0.463 e. The fraction of sp³-hybridized carbons (Fsp3) is 0.320. The molecule has 0 bridgehead atoms. The third-order valence-corrected chi connectivity index (χ3v) is 4.41. The van der Waals surface area contributed by atoms with E-state index in [0.29, 0.717) is 12.5 Å². The van der Waals surface area contributed by atoms with Gasteiger partial charge in [0.25, 0.3) is 0 Å². The fourth-order valence-corrected chi connectivity index (χ4v) is 3.01. The van der Waals surface area contributed by atoms with Crippen LogP contribution in [-0.2, 0) is 9.53 Å². The lowest BCUT2D eigenvalue weighted by Gasteiger charge is -2.29. The Hall–Kier alpha value is -3.13. The minimum absolute atomic E-state index is 0.110. The van der Waals surface area contributed by atoms with Crippen molar-refractivity contribution in [3.05, 3.63) is 76.9 Å². The van der Waals surface area contributed by atoms with Crippen LogP contribution in [0.15, 0.2) is 60.2 Å². The predicted octanol–water partition coefficient (Wildman–Crippen LogP) is 6.08. The molecule has 0 heterocycles. The van der Waals surface area contributed by atoms with Crippen LogP contribution in [0.4, 0.5) is 8.78 Å². The van der Waals surface area contributed by atoms with Crippen molar-refractivity contribution >= 4 is 5.97 Å². The first kappa shape index (κ1) is 23.2. The van der Waals surface area contributed by atoms with E-state index in [4.69, 9.17) is 4.74 Å². The molecule has 158 valence electrons. The summed E-state index contributed by atoms with van der Waals surface area (Å²) >= 11 is 0. The quantitative estimate of drug-likeness (QED) is 0.339. The lowest BCUT2D eigenvalue weighted by Crippen LogP contribution is -2.15. The number of hydrogen-bond acceptors (Lipinski definition) is 3. The molecule has 1 aliphatic rings. The molecule has 0 aliphatic heterocycles. The molecule has 3 nitrogen and oxygen atoms in total. The van der Waals surface area contributed by atoms with Crippen molar-refractivity contribution in [3.63, 3.8) is 0 Å². The molecule has 2 aromatic carbocycles. The van der Waals surface area contributed by atoms with E-state index < -0.39 is 6.61 Å². The second-order valence-corrected chi connectivity index (χ2v) is 6.44. The summed E-state index contributed by atoms with van der Waals surface area (Å²) in [5, 5.41) is 0. The maximum atomic E-state index is 12.2. The number of allylic oxidation sites excluding steroid dienone is 1. The molecular weight excluding hydrogens is 386 g/mol. The molecule has 1 fully saturated rings. The largest absolute Gasteiger partial charge is 0.463 e. The van der Waals surface area contributed by atoms with Crippen LogP contribution < -0.4 is 4.74 Å². The van der Waals surface area contributed by atoms with Crippen molar-refractivity contribution in [1.29, 1.82) is 0 Å². The van der Waals surface area contributed by atoms with E-state index in [9.17, 15) is 13.6 Å². The van der Waals surface area contributed by atoms with Crippen molar-refractivity contribution in [3.8, 4) is 17.6 Å². The average Bonchev–Trinajstić information content (AvgIpc) is 2.71. The smallest absolute Gasteiger partial charge is 0.387 e. The van der Waals surface area contributed by atoms with Crippen LogP contribution in [0.1, 0.15) is 56.2 Å². The van der Waals surface area contributed by atoms with E-state index in [0.717, 1.165) is 29.5 Å². The van der Waals surface area contributed by atoms with Gasteiger partial charge in [-0.1, -0.05) is 43.4 Å². The summed E-state index contributed by atoms with van der Waals surface area (Å²) in [6.07, 6.45) is 3.29. The maximum absolute atomic E-state index is 12.2. The molecule has 0 spiro atoms. The molecule has 2 aromatic rings. The number of hydrogen-bond donors (Lipinski definition) is 0. The zero-order valence-corrected chi connectivity index (χ0v) is 17.5. The van der Waals surface area contributed by atoms with Crippen LogP contribution in [0.2, 0.25) is 0 Å². The van der Waals surface area contributed by atoms with Crippen LogP contribution in [0.5, 0.6) is 5.75 Å². The Morgan fingerprint density at radius 3 is 2.40 bits per heavy atom. The lowest BCUT2D eigenvalue weighted by molar-refractivity contribution is -0.137. The Balaban J connectivity index is 0.00000155. The van der Waals surface area contributed by atoms with Gasteiger partial charge >= 0.3 is 12.6 Å². The molecule has 0 saturated heterocycles. The van der Waals surface area contributed by atoms with E-state index in [-0.39, 0.29) is 11.7 Å². The van der Waals surface area contributed by atoms with Crippen LogP contribution in [-0.4, -0.2) is 19.2 Å². The van der Waals surface area contributed by atoms with Crippen molar-refractivity contribution in [1.82, 2.24) is 0 Å². The number of rotatable bonds is 5. The number of alkyl halides is 2. The summed E-state index contributed by atoms with van der Waals surface area (Å²) in [7, 11) is 0. The zero-order chi connectivity index (χ0) is 21.9. The first-order chi connectivity index (χ1) is 14.5. The fourth-order valence-electron chi connectivity index (χ4n) is 3.01. The van der Waals surface area contributed by atoms with E-state index in [2.05, 4.69) is 22.6 Å². The number of benzene rings is 2. The highest BCUT2D eigenvalue weighted by Gasteiger charge is 2.25. The second-order valence-electron chi connectivity index (χ2n) is 6.44. The molecule has 0 radical (unpaired) electrons. The van der Waals surface area contributed by atoms with Gasteiger partial charge in [0.2, 0.25) is 0 Å². The number of ether oxygens (including phenoxy) is 2. The van der Waals surface area contributed by atoms with Gasteiger partial charge in [0.05, 0.1) is 6.61 Å². The molecule has 5 heteroatoms. The zero-order valence-electron chi connectivity index (χ0n) is 17.5. The van der Waals surface area contributed by atoms with Crippen molar-refractivity contribution in [2.75, 3.05) is 6.61 Å². The van der Waals surface area contributed by atoms with E-state index >= 15 is 0 Å². The van der Waals surface area contributed by atoms with Crippen LogP contribution in [0.25, 0.3) is 0 Å². The summed E-state index contributed by atoms with van der Waals surface area (Å²) in [6, 6.07) is 14.2. The van der Waals surface area contributed by atoms with Gasteiger partial charge in [-0.2, -0.15) is 8.78 Å². The van der Waals surface area contributed by atoms with Gasteiger partial charge in [0.1, 0.15) is 5.75 Å². The highest BCUT2D eigenvalue weighted by Crippen LogP contribution is 2.41. The molecule has 1 aliphatic carbocycles. The predicted molar refractivity (Wildman–Crippen MR) is 114 cm³/mol. The van der Waals surface area contributed by atoms with Gasteiger partial charge in [-0.3, -0.25) is 0 Å². The SMILES string of the molecule is CC.CCOC(=O)C=C1CC(c2cccc(C#Cc3ccc(OC(F)F)cc3)c2)C1. The van der Waals surface area contributed by atoms with Crippen molar-refractivity contribution < 1.29 is 23.0 Å². The average molecular weight is 412 g/mol. The standard InChI is InChI=1S/C23H20F2O3.C2H6/c1-2-27-22(26)15-18-13-20(14-18)19-5-3-4-17(12-19)7-6-16-8-10-21(11-9-16)28-23(24)25;1-2/h3-5,8-12,15,20,23H,2,13-14H2,1H3;1-2H3. The third kappa shape index (κ3) is 7.04. The van der Waals surface area contributed by atoms with Crippen LogP contribution in [0, 0.1) is 11.8 Å². The molecule has 3 rings (SSSR count). The Labute approximate surface area is 176 Å². The number of halogens is 2. The van der Waals surface area contributed by atoms with Gasteiger partial charge in [-0.25, -0.2) is 4.79 Å². The highest BCUT2D eigenvalue weighted by molar-refractivity contribution is 5.83. The molecule has 30 heavy (non-hydrogen) atoms. The summed E-state index contributed by atoms with van der Waals surface area (Å²) in [5.41, 5.74) is 3.89. The molecule has 0 unspecified atom stereocenters. The van der Waals surface area contributed by atoms with Gasteiger partial charge in [-0.15, -0.1) is 0 Å². The van der Waals surface area contributed by atoms with Gasteiger partial charge < -0.3 is 9.47 Å². The Morgan fingerprint density at radius 2 is 1.77 bits per heavy atom. The molecule has 0 atom stereocenters. The molecule has 0 N–H and O–H groups in total. The summed E-state index contributed by atoms with van der Waals surface area (Å²) in [6.45, 7) is 3.34. The normalized spacial score (nSPS) is 14.5. The molecule has 0 aromatic heterocycles. The second kappa shape index (κ2) is 11.8. The first-order valence-electron chi connectivity index (χ1n) is 10.1. The van der Waals surface area contributed by atoms with Crippen LogP contribution in [0.3, 0.4) is 0 Å². The maximum Gasteiger partial charge on any atom is 0.387 e. The Bertz CT molecular complexity index is 913. The highest BCUT2D eigenvalue weighted by atomic mass is 19.3. The van der Waals surface area contributed by atoms with Gasteiger partial charge in [-0.05, 0) is 67.6 Å². The van der Waals surface area contributed by atoms with E-state index in [1.54, 1.807) is 25.1 Å². The van der Waals surface area contributed by atoms with Crippen molar-refractivity contribution in [2.24, 2.45) is 0 Å². The summed E-state index contributed by atoms with van der Waals surface area (Å²) < 4.78 is 33.6. The summed E-state index contributed by atoms with van der Waals surface area (Å²) in [5.74, 6) is 6.34. The van der Waals surface area contributed by atoms with Gasteiger partial charge in [0.15, 0.2) is 0 Å². The molecule has 0 amide bonds. The topological polar surface area (TPSA) is 35.5 Å². The van der Waals surface area contributed by atoms with Crippen LogP contribution >= 0.6 is 0 Å². The van der Waals surface area contributed by atoms with E-state index in [1.165, 1.54) is 17.7 Å². The molecular formula is C25H26F2O3. The van der Waals surface area contributed by atoms with E-state index in [1.807, 2.05) is 32.0 Å². The first-order valence-corrected chi connectivity index (χ1v) is 10.1. The number of carbonyl (C=O) groups is 1. The Kier molecular flexibility index (Phi) is 9.08.